The normalized spacial score (nSPS) is 10.8. The Bertz CT molecular complexity index is 818. The van der Waals surface area contributed by atoms with Crippen LogP contribution in [0.15, 0.2) is 53.3 Å². The molecule has 0 fully saturated rings. The fourth-order valence-corrected chi connectivity index (χ4v) is 2.26. The minimum Gasteiger partial charge on any atom is -0.503 e. The third kappa shape index (κ3) is 1.99. The van der Waals surface area contributed by atoms with Gasteiger partial charge in [0.2, 0.25) is 0 Å². The lowest BCUT2D eigenvalue weighted by atomic mass is 9.99. The lowest BCUT2D eigenvalue weighted by Gasteiger charge is -2.07. The average Bonchev–Trinajstić information content (AvgIpc) is 2.40. The molecule has 0 spiro atoms. The van der Waals surface area contributed by atoms with Crippen molar-refractivity contribution in [3.05, 3.63) is 64.4 Å². The van der Waals surface area contributed by atoms with E-state index in [4.69, 9.17) is 0 Å². The fourth-order valence-electron chi connectivity index (χ4n) is 2.26. The molecule has 0 saturated heterocycles. The molecule has 0 bridgehead atoms. The first-order valence-corrected chi connectivity index (χ1v) is 6.07. The van der Waals surface area contributed by atoms with Crippen molar-refractivity contribution in [1.82, 2.24) is 4.98 Å². The standard InChI is InChI=1S/C16H13NO2/c1-10-4-2-3-5-13(10)11-6-7-14-12(8-11)9-15(18)16(19)17-14/h2-9,18H,1H3,(H,17,19). The molecule has 0 aliphatic heterocycles. The van der Waals surface area contributed by atoms with Gasteiger partial charge in [0.25, 0.3) is 5.56 Å². The van der Waals surface area contributed by atoms with E-state index in [1.54, 1.807) is 0 Å². The Kier molecular flexibility index (Phi) is 2.60. The number of aromatic hydroxyl groups is 1. The lowest BCUT2D eigenvalue weighted by Crippen LogP contribution is -2.04. The summed E-state index contributed by atoms with van der Waals surface area (Å²) in [6, 6.07) is 15.4. The van der Waals surface area contributed by atoms with Crippen LogP contribution >= 0.6 is 0 Å². The van der Waals surface area contributed by atoms with Crippen molar-refractivity contribution in [1.29, 1.82) is 0 Å². The number of rotatable bonds is 1. The molecule has 3 nitrogen and oxygen atoms in total. The Morgan fingerprint density at radius 3 is 2.63 bits per heavy atom. The molecule has 0 atom stereocenters. The quantitative estimate of drug-likeness (QED) is 0.697. The summed E-state index contributed by atoms with van der Waals surface area (Å²) >= 11 is 0. The van der Waals surface area contributed by atoms with Crippen LogP contribution in [0, 0.1) is 6.92 Å². The van der Waals surface area contributed by atoms with Crippen LogP contribution in [0.1, 0.15) is 5.56 Å². The van der Waals surface area contributed by atoms with Gasteiger partial charge >= 0.3 is 0 Å². The summed E-state index contributed by atoms with van der Waals surface area (Å²) in [5.41, 5.74) is 3.67. The zero-order chi connectivity index (χ0) is 13.4. The first kappa shape index (κ1) is 11.5. The second-order valence-electron chi connectivity index (χ2n) is 4.60. The molecule has 3 rings (SSSR count). The van der Waals surface area contributed by atoms with E-state index in [1.807, 2.05) is 30.3 Å². The molecule has 3 heteroatoms. The summed E-state index contributed by atoms with van der Waals surface area (Å²) in [6.07, 6.45) is 0. The molecule has 94 valence electrons. The number of fused-ring (bicyclic) bond motifs is 1. The highest BCUT2D eigenvalue weighted by Gasteiger charge is 2.05. The predicted octanol–water partition coefficient (Wildman–Crippen LogP) is 3.21. The van der Waals surface area contributed by atoms with Gasteiger partial charge in [0.1, 0.15) is 0 Å². The number of benzene rings is 2. The zero-order valence-corrected chi connectivity index (χ0v) is 10.5. The number of pyridine rings is 1. The van der Waals surface area contributed by atoms with E-state index >= 15 is 0 Å². The van der Waals surface area contributed by atoms with Crippen LogP contribution in [-0.2, 0) is 0 Å². The van der Waals surface area contributed by atoms with Crippen LogP contribution < -0.4 is 5.56 Å². The number of nitrogens with one attached hydrogen (secondary N) is 1. The highest BCUT2D eigenvalue weighted by molar-refractivity contribution is 5.85. The van der Waals surface area contributed by atoms with Crippen molar-refractivity contribution < 1.29 is 5.11 Å². The largest absolute Gasteiger partial charge is 0.503 e. The molecule has 1 heterocycles. The molecule has 0 unspecified atom stereocenters. The van der Waals surface area contributed by atoms with Crippen LogP contribution in [0.25, 0.3) is 22.0 Å². The number of hydrogen-bond donors (Lipinski definition) is 2. The molecule has 19 heavy (non-hydrogen) atoms. The zero-order valence-electron chi connectivity index (χ0n) is 10.5. The maximum absolute atomic E-state index is 11.3. The van der Waals surface area contributed by atoms with E-state index < -0.39 is 5.56 Å². The van der Waals surface area contributed by atoms with Gasteiger partial charge in [-0.1, -0.05) is 30.3 Å². The van der Waals surface area contributed by atoms with Crippen molar-refractivity contribution in [2.45, 2.75) is 6.92 Å². The molecule has 2 N–H and O–H groups in total. The van der Waals surface area contributed by atoms with Crippen molar-refractivity contribution in [2.75, 3.05) is 0 Å². The minimum atomic E-state index is -0.462. The van der Waals surface area contributed by atoms with Crippen molar-refractivity contribution >= 4 is 10.9 Å². The van der Waals surface area contributed by atoms with Gasteiger partial charge in [0, 0.05) is 10.9 Å². The summed E-state index contributed by atoms with van der Waals surface area (Å²) in [4.78, 5) is 14.0. The highest BCUT2D eigenvalue weighted by atomic mass is 16.3. The second-order valence-corrected chi connectivity index (χ2v) is 4.60. The molecule has 0 saturated carbocycles. The van der Waals surface area contributed by atoms with Gasteiger partial charge in [-0.15, -0.1) is 0 Å². The fraction of sp³-hybridized carbons (Fsp3) is 0.0625. The summed E-state index contributed by atoms with van der Waals surface area (Å²) in [5.74, 6) is -0.255. The lowest BCUT2D eigenvalue weighted by molar-refractivity contribution is 0.468. The number of aromatic amines is 1. The van der Waals surface area contributed by atoms with Crippen LogP contribution in [-0.4, -0.2) is 10.1 Å². The summed E-state index contributed by atoms with van der Waals surface area (Å²) in [5, 5.41) is 10.3. The van der Waals surface area contributed by atoms with Gasteiger partial charge in [0.05, 0.1) is 0 Å². The van der Waals surface area contributed by atoms with E-state index in [0.29, 0.717) is 0 Å². The molecule has 0 radical (unpaired) electrons. The van der Waals surface area contributed by atoms with E-state index in [9.17, 15) is 9.90 Å². The number of aromatic nitrogens is 1. The third-order valence-electron chi connectivity index (χ3n) is 3.28. The highest BCUT2D eigenvalue weighted by Crippen LogP contribution is 2.26. The Morgan fingerprint density at radius 2 is 1.84 bits per heavy atom. The van der Waals surface area contributed by atoms with E-state index in [1.165, 1.54) is 11.6 Å². The first-order valence-electron chi connectivity index (χ1n) is 6.07. The van der Waals surface area contributed by atoms with Gasteiger partial charge in [-0.25, -0.2) is 0 Å². The van der Waals surface area contributed by atoms with Gasteiger partial charge < -0.3 is 10.1 Å². The number of H-pyrrole nitrogens is 1. The first-order chi connectivity index (χ1) is 9.15. The second kappa shape index (κ2) is 4.28. The van der Waals surface area contributed by atoms with Crippen LogP contribution in [0.3, 0.4) is 0 Å². The van der Waals surface area contributed by atoms with Crippen LogP contribution in [0.4, 0.5) is 0 Å². The smallest absolute Gasteiger partial charge is 0.290 e. The molecule has 1 aromatic heterocycles. The van der Waals surface area contributed by atoms with Gasteiger partial charge in [0.15, 0.2) is 5.75 Å². The Labute approximate surface area is 110 Å². The SMILES string of the molecule is Cc1ccccc1-c1ccc2[nH]c(=O)c(O)cc2c1. The molecule has 0 amide bonds. The van der Waals surface area contributed by atoms with Gasteiger partial charge in [-0.3, -0.25) is 4.79 Å². The monoisotopic (exact) mass is 251 g/mol. The van der Waals surface area contributed by atoms with Crippen LogP contribution in [0.5, 0.6) is 5.75 Å². The van der Waals surface area contributed by atoms with Crippen molar-refractivity contribution in [3.8, 4) is 16.9 Å². The van der Waals surface area contributed by atoms with Crippen LogP contribution in [0.2, 0.25) is 0 Å². The number of aryl methyl sites for hydroxylation is 1. The summed E-state index contributed by atoms with van der Waals surface area (Å²) < 4.78 is 0. The Hall–Kier alpha value is -2.55. The predicted molar refractivity (Wildman–Crippen MR) is 76.4 cm³/mol. The molecule has 3 aromatic rings. The van der Waals surface area contributed by atoms with E-state index in [0.717, 1.165) is 22.0 Å². The van der Waals surface area contributed by atoms with Crippen molar-refractivity contribution in [2.24, 2.45) is 0 Å². The maximum atomic E-state index is 11.3. The molecular weight excluding hydrogens is 238 g/mol. The number of hydrogen-bond acceptors (Lipinski definition) is 2. The maximum Gasteiger partial charge on any atom is 0.290 e. The third-order valence-corrected chi connectivity index (χ3v) is 3.28. The van der Waals surface area contributed by atoms with E-state index in [-0.39, 0.29) is 5.75 Å². The Balaban J connectivity index is 2.25. The molecule has 0 aliphatic rings. The average molecular weight is 251 g/mol. The van der Waals surface area contributed by atoms with E-state index in [2.05, 4.69) is 24.0 Å². The van der Waals surface area contributed by atoms with Gasteiger partial charge in [-0.05, 0) is 41.8 Å². The minimum absolute atomic E-state index is 0.255. The Morgan fingerprint density at radius 1 is 1.05 bits per heavy atom. The summed E-state index contributed by atoms with van der Waals surface area (Å²) in [6.45, 7) is 2.06. The molecule has 2 aromatic carbocycles. The van der Waals surface area contributed by atoms with Gasteiger partial charge in [-0.2, -0.15) is 0 Å². The van der Waals surface area contributed by atoms with Crippen molar-refractivity contribution in [3.63, 3.8) is 0 Å². The topological polar surface area (TPSA) is 53.1 Å². The molecular formula is C16H13NO2. The summed E-state index contributed by atoms with van der Waals surface area (Å²) in [7, 11) is 0. The molecule has 0 aliphatic carbocycles.